The van der Waals surface area contributed by atoms with Crippen LogP contribution in [0.1, 0.15) is 69.7 Å². The molecular formula is C24H36N2O2. The van der Waals surface area contributed by atoms with Gasteiger partial charge < -0.3 is 10.6 Å². The molecule has 0 aliphatic heterocycles. The van der Waals surface area contributed by atoms with Crippen LogP contribution in [0.3, 0.4) is 0 Å². The molecule has 0 atom stereocenters. The molecule has 0 heterocycles. The van der Waals surface area contributed by atoms with Gasteiger partial charge in [0.05, 0.1) is 0 Å². The average molecular weight is 385 g/mol. The zero-order valence-corrected chi connectivity index (χ0v) is 18.9. The summed E-state index contributed by atoms with van der Waals surface area (Å²) in [5.74, 6) is 0.388. The molecule has 0 unspecified atom stereocenters. The van der Waals surface area contributed by atoms with Gasteiger partial charge in [-0.3, -0.25) is 9.59 Å². The van der Waals surface area contributed by atoms with E-state index in [9.17, 15) is 9.59 Å². The molecule has 0 saturated heterocycles. The number of amides is 2. The Morgan fingerprint density at radius 1 is 0.750 bits per heavy atom. The van der Waals surface area contributed by atoms with Gasteiger partial charge in [-0.15, -0.1) is 0 Å². The number of nitrogens with one attached hydrogen (secondary N) is 2. The highest BCUT2D eigenvalue weighted by atomic mass is 16.2. The lowest BCUT2D eigenvalue weighted by molar-refractivity contribution is -0.115. The van der Waals surface area contributed by atoms with Gasteiger partial charge in [-0.2, -0.15) is 0 Å². The van der Waals surface area contributed by atoms with Crippen molar-refractivity contribution >= 4 is 23.2 Å². The number of hydrogen-bond donors (Lipinski definition) is 2. The Kier molecular flexibility index (Phi) is 11.5. The van der Waals surface area contributed by atoms with Crippen LogP contribution >= 0.6 is 0 Å². The van der Waals surface area contributed by atoms with Crippen molar-refractivity contribution < 1.29 is 9.59 Å². The van der Waals surface area contributed by atoms with Gasteiger partial charge in [0, 0.05) is 25.2 Å². The molecule has 2 aromatic carbocycles. The van der Waals surface area contributed by atoms with E-state index in [1.165, 1.54) is 19.4 Å². The van der Waals surface area contributed by atoms with Gasteiger partial charge in [0.1, 0.15) is 0 Å². The minimum absolute atomic E-state index is 0.0162. The molecule has 0 aliphatic carbocycles. The third-order valence-corrected chi connectivity index (χ3v) is 3.85. The van der Waals surface area contributed by atoms with E-state index in [-0.39, 0.29) is 11.8 Å². The molecule has 0 aromatic heterocycles. The normalized spacial score (nSPS) is 9.50. The van der Waals surface area contributed by atoms with Gasteiger partial charge in [-0.05, 0) is 61.1 Å². The van der Waals surface area contributed by atoms with Gasteiger partial charge in [-0.25, -0.2) is 0 Å². The first-order valence-electron chi connectivity index (χ1n) is 9.83. The predicted octanol–water partition coefficient (Wildman–Crippen LogP) is 6.36. The van der Waals surface area contributed by atoms with Crippen molar-refractivity contribution in [3.63, 3.8) is 0 Å². The van der Waals surface area contributed by atoms with Crippen LogP contribution in [0.5, 0.6) is 0 Å². The number of rotatable bonds is 3. The lowest BCUT2D eigenvalue weighted by Crippen LogP contribution is -2.08. The Morgan fingerprint density at radius 3 is 1.64 bits per heavy atom. The van der Waals surface area contributed by atoms with Crippen LogP contribution < -0.4 is 10.6 Å². The topological polar surface area (TPSA) is 58.2 Å². The summed E-state index contributed by atoms with van der Waals surface area (Å²) in [4.78, 5) is 21.8. The average Bonchev–Trinajstić information content (AvgIpc) is 2.59. The van der Waals surface area contributed by atoms with Crippen molar-refractivity contribution in [1.29, 1.82) is 0 Å². The van der Waals surface area contributed by atoms with E-state index >= 15 is 0 Å². The van der Waals surface area contributed by atoms with Crippen molar-refractivity contribution in [2.24, 2.45) is 0 Å². The van der Waals surface area contributed by atoms with Crippen LogP contribution in [0, 0.1) is 20.8 Å². The largest absolute Gasteiger partial charge is 0.326 e. The SMILES string of the molecule is CC.CC(=O)Nc1cc(C)ccc1C.CC(=O)Nc1cc(C)ccc1C(C)C. The minimum Gasteiger partial charge on any atom is -0.326 e. The first-order valence-corrected chi connectivity index (χ1v) is 9.83. The number of carbonyl (C=O) groups is 2. The highest BCUT2D eigenvalue weighted by Crippen LogP contribution is 2.25. The molecule has 2 amide bonds. The van der Waals surface area contributed by atoms with Crippen molar-refractivity contribution in [2.45, 2.75) is 68.2 Å². The van der Waals surface area contributed by atoms with Gasteiger partial charge in [-0.1, -0.05) is 52.0 Å². The molecule has 2 N–H and O–H groups in total. The summed E-state index contributed by atoms with van der Waals surface area (Å²) >= 11 is 0. The van der Waals surface area contributed by atoms with Crippen LogP contribution in [0.4, 0.5) is 11.4 Å². The summed E-state index contributed by atoms with van der Waals surface area (Å²) in [6.45, 7) is 17.3. The Hall–Kier alpha value is -2.62. The Morgan fingerprint density at radius 2 is 1.18 bits per heavy atom. The number of aryl methyl sites for hydroxylation is 3. The zero-order chi connectivity index (χ0) is 21.9. The smallest absolute Gasteiger partial charge is 0.221 e. The second-order valence-electron chi connectivity index (χ2n) is 6.93. The second kappa shape index (κ2) is 12.7. The van der Waals surface area contributed by atoms with Crippen molar-refractivity contribution in [3.05, 3.63) is 58.7 Å². The summed E-state index contributed by atoms with van der Waals surface area (Å²) < 4.78 is 0. The van der Waals surface area contributed by atoms with Crippen LogP contribution in [0.25, 0.3) is 0 Å². The molecule has 0 aliphatic rings. The van der Waals surface area contributed by atoms with E-state index in [0.717, 1.165) is 28.1 Å². The summed E-state index contributed by atoms with van der Waals surface area (Å²) in [6, 6.07) is 12.2. The predicted molar refractivity (Wildman–Crippen MR) is 121 cm³/mol. The van der Waals surface area contributed by atoms with E-state index in [0.29, 0.717) is 5.92 Å². The molecule has 4 heteroatoms. The number of carbonyl (C=O) groups excluding carboxylic acids is 2. The highest BCUT2D eigenvalue weighted by molar-refractivity contribution is 5.90. The Labute approximate surface area is 170 Å². The minimum atomic E-state index is -0.0244. The van der Waals surface area contributed by atoms with Crippen LogP contribution in [-0.4, -0.2) is 11.8 Å². The van der Waals surface area contributed by atoms with E-state index in [2.05, 4.69) is 36.6 Å². The molecule has 0 saturated carbocycles. The molecule has 2 aromatic rings. The molecule has 0 spiro atoms. The van der Waals surface area contributed by atoms with Crippen molar-refractivity contribution in [3.8, 4) is 0 Å². The summed E-state index contributed by atoms with van der Waals surface area (Å²) in [5.41, 5.74) is 6.44. The second-order valence-corrected chi connectivity index (χ2v) is 6.93. The van der Waals surface area contributed by atoms with Crippen LogP contribution in [-0.2, 0) is 9.59 Å². The van der Waals surface area contributed by atoms with Crippen molar-refractivity contribution in [1.82, 2.24) is 0 Å². The van der Waals surface area contributed by atoms with E-state index in [4.69, 9.17) is 0 Å². The monoisotopic (exact) mass is 384 g/mol. The van der Waals surface area contributed by atoms with Crippen LogP contribution in [0.2, 0.25) is 0 Å². The molecule has 154 valence electrons. The maximum absolute atomic E-state index is 11.0. The van der Waals surface area contributed by atoms with E-state index in [1.807, 2.05) is 58.9 Å². The van der Waals surface area contributed by atoms with E-state index < -0.39 is 0 Å². The lowest BCUT2D eigenvalue weighted by atomic mass is 9.99. The number of hydrogen-bond acceptors (Lipinski definition) is 2. The standard InChI is InChI=1S/C12H17NO.C10H13NO.C2H6/c1-8(2)11-6-5-9(3)7-12(11)13-10(4)14;1-7-4-5-8(2)10(6-7)11-9(3)12;1-2/h5-8H,1-4H3,(H,13,14);4-6H,1-3H3,(H,11,12);1-2H3. The summed E-state index contributed by atoms with van der Waals surface area (Å²) in [6.07, 6.45) is 0. The lowest BCUT2D eigenvalue weighted by Gasteiger charge is -2.13. The molecule has 0 radical (unpaired) electrons. The first-order chi connectivity index (χ1) is 13.1. The Balaban J connectivity index is 0.000000483. The summed E-state index contributed by atoms with van der Waals surface area (Å²) in [7, 11) is 0. The first kappa shape index (κ1) is 25.4. The molecule has 4 nitrogen and oxygen atoms in total. The summed E-state index contributed by atoms with van der Waals surface area (Å²) in [5, 5.41) is 5.63. The quantitative estimate of drug-likeness (QED) is 0.646. The molecule has 2 rings (SSSR count). The molecule has 0 fully saturated rings. The molecular weight excluding hydrogens is 348 g/mol. The highest BCUT2D eigenvalue weighted by Gasteiger charge is 2.07. The zero-order valence-electron chi connectivity index (χ0n) is 18.9. The van der Waals surface area contributed by atoms with Gasteiger partial charge >= 0.3 is 0 Å². The van der Waals surface area contributed by atoms with E-state index in [1.54, 1.807) is 0 Å². The van der Waals surface area contributed by atoms with Gasteiger partial charge in [0.2, 0.25) is 11.8 Å². The maximum atomic E-state index is 11.0. The van der Waals surface area contributed by atoms with Gasteiger partial charge in [0.25, 0.3) is 0 Å². The third-order valence-electron chi connectivity index (χ3n) is 3.85. The number of anilines is 2. The fraction of sp³-hybridized carbons (Fsp3) is 0.417. The van der Waals surface area contributed by atoms with Crippen molar-refractivity contribution in [2.75, 3.05) is 10.6 Å². The van der Waals surface area contributed by atoms with Gasteiger partial charge in [0.15, 0.2) is 0 Å². The van der Waals surface area contributed by atoms with Crippen LogP contribution in [0.15, 0.2) is 36.4 Å². The maximum Gasteiger partial charge on any atom is 0.221 e. The molecule has 28 heavy (non-hydrogen) atoms. The Bertz CT molecular complexity index is 780. The fourth-order valence-electron chi connectivity index (χ4n) is 2.53. The molecule has 0 bridgehead atoms. The number of benzene rings is 2. The fourth-order valence-corrected chi connectivity index (χ4v) is 2.53. The third kappa shape index (κ3) is 9.36.